The number of aromatic nitrogens is 1. The third-order valence-corrected chi connectivity index (χ3v) is 7.66. The molecule has 2 atom stereocenters. The third-order valence-electron chi connectivity index (χ3n) is 7.66. The fourth-order valence-electron chi connectivity index (χ4n) is 5.68. The number of hydrogen-bond acceptors (Lipinski definition) is 3. The van der Waals surface area contributed by atoms with E-state index in [2.05, 4.69) is 124 Å². The van der Waals surface area contributed by atoms with E-state index in [-0.39, 0.29) is 5.92 Å². The zero-order valence-electron chi connectivity index (χ0n) is 22.3. The highest BCUT2D eigenvalue weighted by molar-refractivity contribution is 5.87. The van der Waals surface area contributed by atoms with Gasteiger partial charge in [-0.1, -0.05) is 91.9 Å². The smallest absolute Gasteiger partial charge is 0.102 e. The molecule has 37 heavy (non-hydrogen) atoms. The molecule has 3 nitrogen and oxygen atoms in total. The van der Waals surface area contributed by atoms with Gasteiger partial charge in [-0.2, -0.15) is 0 Å². The Labute approximate surface area is 220 Å². The summed E-state index contributed by atoms with van der Waals surface area (Å²) < 4.78 is 0. The van der Waals surface area contributed by atoms with Crippen molar-refractivity contribution < 1.29 is 5.11 Å². The Morgan fingerprint density at radius 1 is 0.811 bits per heavy atom. The Morgan fingerprint density at radius 3 is 2.30 bits per heavy atom. The first-order valence-electron chi connectivity index (χ1n) is 13.2. The van der Waals surface area contributed by atoms with Crippen LogP contribution in [0.5, 0.6) is 0 Å². The van der Waals surface area contributed by atoms with E-state index in [1.807, 2.05) is 6.07 Å². The number of aliphatic hydroxyl groups is 1. The average molecular weight is 489 g/mol. The zero-order valence-corrected chi connectivity index (χ0v) is 22.3. The topological polar surface area (TPSA) is 36.4 Å². The van der Waals surface area contributed by atoms with Crippen LogP contribution in [0.25, 0.3) is 21.7 Å². The molecule has 0 saturated heterocycles. The van der Waals surface area contributed by atoms with Gasteiger partial charge in [0.25, 0.3) is 0 Å². The molecule has 0 aliphatic heterocycles. The molecule has 0 bridgehead atoms. The van der Waals surface area contributed by atoms with Gasteiger partial charge in [0.2, 0.25) is 0 Å². The maximum absolute atomic E-state index is 13.0. The van der Waals surface area contributed by atoms with Crippen LogP contribution in [0.3, 0.4) is 0 Å². The Kier molecular flexibility index (Phi) is 7.10. The average Bonchev–Trinajstić information content (AvgIpc) is 2.92. The number of benzene rings is 4. The molecule has 0 aliphatic carbocycles. The highest BCUT2D eigenvalue weighted by Gasteiger charge is 2.41. The summed E-state index contributed by atoms with van der Waals surface area (Å²) in [5.41, 5.74) is 5.31. The Balaban J connectivity index is 1.77. The number of rotatable bonds is 8. The van der Waals surface area contributed by atoms with E-state index in [4.69, 9.17) is 4.98 Å². The molecule has 0 aliphatic rings. The third kappa shape index (κ3) is 4.90. The zero-order chi connectivity index (χ0) is 26.0. The van der Waals surface area contributed by atoms with Crippen molar-refractivity contribution >= 4 is 21.7 Å². The molecule has 2 unspecified atom stereocenters. The number of aryl methyl sites for hydroxylation is 2. The normalized spacial score (nSPS) is 14.2. The molecule has 1 N–H and O–H groups in total. The molecule has 5 aromatic rings. The van der Waals surface area contributed by atoms with Gasteiger partial charge in [0, 0.05) is 23.5 Å². The SMILES string of the molecule is CCc1cc2ccc(C(c3ccccc3)C(O)(CCN(C)C)c3cccc4ccccc34)cc2nc1C. The quantitative estimate of drug-likeness (QED) is 0.250. The predicted octanol–water partition coefficient (Wildman–Crippen LogP) is 7.23. The molecule has 1 heterocycles. The van der Waals surface area contributed by atoms with Gasteiger partial charge in [-0.3, -0.25) is 4.98 Å². The van der Waals surface area contributed by atoms with Crippen LogP contribution in [0.15, 0.2) is 97.1 Å². The molecule has 0 fully saturated rings. The number of nitrogens with zero attached hydrogens (tertiary/aromatic N) is 2. The number of fused-ring (bicyclic) bond motifs is 2. The molecule has 0 saturated carbocycles. The van der Waals surface area contributed by atoms with Crippen LogP contribution in [0.1, 0.15) is 47.2 Å². The van der Waals surface area contributed by atoms with Gasteiger partial charge in [-0.05, 0) is 79.0 Å². The lowest BCUT2D eigenvalue weighted by atomic mass is 9.70. The van der Waals surface area contributed by atoms with Crippen LogP contribution in [-0.4, -0.2) is 35.6 Å². The van der Waals surface area contributed by atoms with E-state index in [1.165, 1.54) is 5.56 Å². The van der Waals surface area contributed by atoms with E-state index < -0.39 is 5.60 Å². The molecule has 188 valence electrons. The second-order valence-corrected chi connectivity index (χ2v) is 10.4. The van der Waals surface area contributed by atoms with E-state index >= 15 is 0 Å². The molecule has 5 rings (SSSR count). The fourth-order valence-corrected chi connectivity index (χ4v) is 5.68. The first-order valence-corrected chi connectivity index (χ1v) is 13.2. The largest absolute Gasteiger partial charge is 0.384 e. The Bertz CT molecular complexity index is 1520. The summed E-state index contributed by atoms with van der Waals surface area (Å²) >= 11 is 0. The van der Waals surface area contributed by atoms with Crippen LogP contribution in [0, 0.1) is 6.92 Å². The summed E-state index contributed by atoms with van der Waals surface area (Å²) in [6.07, 6.45) is 1.56. The lowest BCUT2D eigenvalue weighted by Crippen LogP contribution is -2.37. The van der Waals surface area contributed by atoms with Crippen LogP contribution in [0.4, 0.5) is 0 Å². The van der Waals surface area contributed by atoms with Crippen molar-refractivity contribution in [2.45, 2.75) is 38.2 Å². The maximum Gasteiger partial charge on any atom is 0.102 e. The monoisotopic (exact) mass is 488 g/mol. The van der Waals surface area contributed by atoms with Crippen molar-refractivity contribution in [3.63, 3.8) is 0 Å². The van der Waals surface area contributed by atoms with Crippen molar-refractivity contribution in [3.05, 3.63) is 125 Å². The lowest BCUT2D eigenvalue weighted by molar-refractivity contribution is 0.00592. The van der Waals surface area contributed by atoms with Gasteiger partial charge in [0.05, 0.1) is 5.52 Å². The number of hydrogen-bond donors (Lipinski definition) is 1. The minimum Gasteiger partial charge on any atom is -0.384 e. The van der Waals surface area contributed by atoms with E-state index in [0.717, 1.165) is 57.0 Å². The lowest BCUT2D eigenvalue weighted by Gasteiger charge is -2.39. The van der Waals surface area contributed by atoms with Crippen molar-refractivity contribution in [1.82, 2.24) is 9.88 Å². The molecular formula is C34H36N2O. The van der Waals surface area contributed by atoms with Gasteiger partial charge >= 0.3 is 0 Å². The summed E-state index contributed by atoms with van der Waals surface area (Å²) in [6, 6.07) is 33.9. The summed E-state index contributed by atoms with van der Waals surface area (Å²) in [6.45, 7) is 5.02. The minimum absolute atomic E-state index is 0.267. The molecule has 0 amide bonds. The molecule has 1 aromatic heterocycles. The van der Waals surface area contributed by atoms with Crippen LogP contribution in [-0.2, 0) is 12.0 Å². The summed E-state index contributed by atoms with van der Waals surface area (Å²) in [7, 11) is 4.13. The van der Waals surface area contributed by atoms with Crippen LogP contribution < -0.4 is 0 Å². The summed E-state index contributed by atoms with van der Waals surface area (Å²) in [5, 5.41) is 16.3. The molecule has 0 radical (unpaired) electrons. The second kappa shape index (κ2) is 10.5. The van der Waals surface area contributed by atoms with Gasteiger partial charge in [0.15, 0.2) is 0 Å². The standard InChI is InChI=1S/C34H36N2O/c1-5-25-22-28-18-19-29(23-32(28)35-24(25)2)33(27-13-7-6-8-14-27)34(37,20-21-36(3)4)31-17-11-15-26-12-9-10-16-30(26)31/h6-19,22-23,33,37H,5,20-21H2,1-4H3. The highest BCUT2D eigenvalue weighted by atomic mass is 16.3. The van der Waals surface area contributed by atoms with Gasteiger partial charge in [-0.15, -0.1) is 0 Å². The fraction of sp³-hybridized carbons (Fsp3) is 0.265. The van der Waals surface area contributed by atoms with Gasteiger partial charge in [-0.25, -0.2) is 0 Å². The van der Waals surface area contributed by atoms with Crippen molar-refractivity contribution in [1.29, 1.82) is 0 Å². The number of pyridine rings is 1. The minimum atomic E-state index is -1.14. The Hall–Kier alpha value is -3.53. The van der Waals surface area contributed by atoms with Gasteiger partial charge in [0.1, 0.15) is 5.60 Å². The van der Waals surface area contributed by atoms with Crippen molar-refractivity contribution in [2.75, 3.05) is 20.6 Å². The summed E-state index contributed by atoms with van der Waals surface area (Å²) in [5.74, 6) is -0.267. The highest BCUT2D eigenvalue weighted by Crippen LogP contribution is 2.46. The second-order valence-electron chi connectivity index (χ2n) is 10.4. The van der Waals surface area contributed by atoms with Crippen LogP contribution >= 0.6 is 0 Å². The van der Waals surface area contributed by atoms with Crippen LogP contribution in [0.2, 0.25) is 0 Å². The predicted molar refractivity (Wildman–Crippen MR) is 155 cm³/mol. The maximum atomic E-state index is 13.0. The van der Waals surface area contributed by atoms with E-state index in [0.29, 0.717) is 6.42 Å². The molecular weight excluding hydrogens is 452 g/mol. The summed E-state index contributed by atoms with van der Waals surface area (Å²) in [4.78, 5) is 7.12. The van der Waals surface area contributed by atoms with Crippen molar-refractivity contribution in [3.8, 4) is 0 Å². The molecule has 4 aromatic carbocycles. The Morgan fingerprint density at radius 2 is 1.54 bits per heavy atom. The van der Waals surface area contributed by atoms with E-state index in [9.17, 15) is 5.11 Å². The first kappa shape index (κ1) is 25.1. The van der Waals surface area contributed by atoms with E-state index in [1.54, 1.807) is 0 Å². The first-order chi connectivity index (χ1) is 17.9. The molecule has 0 spiro atoms. The van der Waals surface area contributed by atoms with Gasteiger partial charge < -0.3 is 10.0 Å². The van der Waals surface area contributed by atoms with Crippen molar-refractivity contribution in [2.24, 2.45) is 0 Å². The molecule has 3 heteroatoms.